The number of hydrogen-bond acceptors (Lipinski definition) is 3. The van der Waals surface area contributed by atoms with Crippen molar-refractivity contribution in [1.29, 1.82) is 5.26 Å². The van der Waals surface area contributed by atoms with Gasteiger partial charge in [-0.25, -0.2) is 13.6 Å². The Hall–Kier alpha value is -2.17. The number of ether oxygens (including phenoxy) is 1. The number of benzene rings is 1. The topological polar surface area (TPSA) is 50.1 Å². The number of esters is 1. The number of carbonyl (C=O) groups is 1. The van der Waals surface area contributed by atoms with Crippen molar-refractivity contribution in [1.82, 2.24) is 0 Å². The largest absolute Gasteiger partial charge is 0.462 e. The lowest BCUT2D eigenvalue weighted by atomic mass is 9.98. The average Bonchev–Trinajstić information content (AvgIpc) is 2.36. The molecular weight excluding hydrogens is 285 g/mol. The standard InChI is InChI=1S/C12H8F5NO2/c1-2-20-11(19)8-3-6(5-18)9(12(15,16)17)4-7(8)10(13)14/h3-4,10H,2H2,1H3. The van der Waals surface area contributed by atoms with Crippen molar-refractivity contribution in [2.75, 3.05) is 6.61 Å². The SMILES string of the molecule is CCOC(=O)c1cc(C#N)c(C(F)(F)F)cc1C(F)F. The molecule has 0 radical (unpaired) electrons. The van der Waals surface area contributed by atoms with Gasteiger partial charge in [-0.15, -0.1) is 0 Å². The molecule has 1 aromatic carbocycles. The highest BCUT2D eigenvalue weighted by Crippen LogP contribution is 2.36. The van der Waals surface area contributed by atoms with Crippen LogP contribution in [0, 0.1) is 11.3 Å². The van der Waals surface area contributed by atoms with Gasteiger partial charge in [-0.2, -0.15) is 18.4 Å². The van der Waals surface area contributed by atoms with Crippen LogP contribution in [0.4, 0.5) is 22.0 Å². The predicted molar refractivity (Wildman–Crippen MR) is 57.1 cm³/mol. The maximum atomic E-state index is 12.8. The Morgan fingerprint density at radius 2 is 2.00 bits per heavy atom. The summed E-state index contributed by atoms with van der Waals surface area (Å²) in [6.45, 7) is 1.28. The number of carbonyl (C=O) groups excluding carboxylic acids is 1. The molecule has 3 nitrogen and oxygen atoms in total. The minimum Gasteiger partial charge on any atom is -0.462 e. The molecule has 0 saturated carbocycles. The first-order chi connectivity index (χ1) is 9.22. The summed E-state index contributed by atoms with van der Waals surface area (Å²) >= 11 is 0. The molecule has 0 bridgehead atoms. The molecule has 0 fully saturated rings. The molecule has 0 aromatic heterocycles. The first-order valence-electron chi connectivity index (χ1n) is 5.32. The van der Waals surface area contributed by atoms with Crippen LogP contribution in [0.25, 0.3) is 0 Å². The van der Waals surface area contributed by atoms with Crippen LogP contribution >= 0.6 is 0 Å². The van der Waals surface area contributed by atoms with Crippen LogP contribution in [0.3, 0.4) is 0 Å². The number of alkyl halides is 5. The summed E-state index contributed by atoms with van der Waals surface area (Å²) in [6, 6.07) is 1.81. The smallest absolute Gasteiger partial charge is 0.417 e. The molecule has 0 amide bonds. The summed E-state index contributed by atoms with van der Waals surface area (Å²) in [5.41, 5.74) is -4.28. The molecule has 0 N–H and O–H groups in total. The summed E-state index contributed by atoms with van der Waals surface area (Å²) < 4.78 is 68.0. The lowest BCUT2D eigenvalue weighted by Gasteiger charge is -2.14. The van der Waals surface area contributed by atoms with E-state index in [2.05, 4.69) is 4.74 Å². The second-order valence-corrected chi connectivity index (χ2v) is 3.62. The maximum Gasteiger partial charge on any atom is 0.417 e. The zero-order valence-corrected chi connectivity index (χ0v) is 10.1. The Morgan fingerprint density at radius 1 is 1.40 bits per heavy atom. The number of nitrogens with zero attached hydrogens (tertiary/aromatic N) is 1. The summed E-state index contributed by atoms with van der Waals surface area (Å²) in [5.74, 6) is -1.20. The molecule has 0 aliphatic carbocycles. The molecule has 0 spiro atoms. The van der Waals surface area contributed by atoms with Gasteiger partial charge >= 0.3 is 12.1 Å². The van der Waals surface area contributed by atoms with E-state index in [1.165, 1.54) is 13.0 Å². The van der Waals surface area contributed by atoms with Crippen LogP contribution in [0.5, 0.6) is 0 Å². The van der Waals surface area contributed by atoms with Crippen molar-refractivity contribution in [2.45, 2.75) is 19.5 Å². The van der Waals surface area contributed by atoms with Crippen LogP contribution in [0.1, 0.15) is 40.4 Å². The van der Waals surface area contributed by atoms with E-state index in [0.717, 1.165) is 0 Å². The van der Waals surface area contributed by atoms with Gasteiger partial charge in [0.1, 0.15) is 0 Å². The number of rotatable bonds is 3. The highest BCUT2D eigenvalue weighted by molar-refractivity contribution is 5.92. The van der Waals surface area contributed by atoms with Gasteiger partial charge in [0, 0.05) is 5.56 Å². The van der Waals surface area contributed by atoms with Crippen molar-refractivity contribution < 1.29 is 31.5 Å². The number of halogens is 5. The van der Waals surface area contributed by atoms with Gasteiger partial charge in [-0.3, -0.25) is 0 Å². The minimum atomic E-state index is -4.97. The first-order valence-corrected chi connectivity index (χ1v) is 5.32. The average molecular weight is 293 g/mol. The van der Waals surface area contributed by atoms with Gasteiger partial charge in [-0.05, 0) is 19.1 Å². The predicted octanol–water partition coefficient (Wildman–Crippen LogP) is 3.69. The normalized spacial score (nSPS) is 11.3. The molecule has 20 heavy (non-hydrogen) atoms. The summed E-state index contributed by atoms with van der Waals surface area (Å²) in [7, 11) is 0. The van der Waals surface area contributed by atoms with E-state index in [9.17, 15) is 26.7 Å². The Labute approximate surface area is 110 Å². The fraction of sp³-hybridized carbons (Fsp3) is 0.333. The molecule has 1 rings (SSSR count). The van der Waals surface area contributed by atoms with Crippen LogP contribution in [0.2, 0.25) is 0 Å². The second kappa shape index (κ2) is 5.86. The Bertz CT molecular complexity index is 560. The highest BCUT2D eigenvalue weighted by Gasteiger charge is 2.36. The molecule has 108 valence electrons. The van der Waals surface area contributed by atoms with Gasteiger partial charge in [0.15, 0.2) is 0 Å². The van der Waals surface area contributed by atoms with Crippen molar-refractivity contribution >= 4 is 5.97 Å². The quantitative estimate of drug-likeness (QED) is 0.631. The molecule has 0 aliphatic rings. The van der Waals surface area contributed by atoms with Crippen LogP contribution in [0.15, 0.2) is 12.1 Å². The van der Waals surface area contributed by atoms with E-state index in [0.29, 0.717) is 6.07 Å². The van der Waals surface area contributed by atoms with Crippen LogP contribution in [-0.4, -0.2) is 12.6 Å². The minimum absolute atomic E-state index is 0.107. The Morgan fingerprint density at radius 3 is 2.40 bits per heavy atom. The second-order valence-electron chi connectivity index (χ2n) is 3.62. The van der Waals surface area contributed by atoms with Gasteiger partial charge in [0.05, 0.1) is 29.4 Å². The summed E-state index contributed by atoms with van der Waals surface area (Å²) in [4.78, 5) is 11.5. The van der Waals surface area contributed by atoms with Crippen LogP contribution < -0.4 is 0 Å². The molecule has 0 saturated heterocycles. The summed E-state index contributed by atoms with van der Waals surface area (Å²) in [5, 5.41) is 8.66. The van der Waals surface area contributed by atoms with E-state index < -0.39 is 40.8 Å². The van der Waals surface area contributed by atoms with Gasteiger partial charge in [0.25, 0.3) is 6.43 Å². The van der Waals surface area contributed by atoms with Crippen molar-refractivity contribution in [3.63, 3.8) is 0 Å². The lowest BCUT2D eigenvalue weighted by molar-refractivity contribution is -0.137. The van der Waals surface area contributed by atoms with Crippen LogP contribution in [-0.2, 0) is 10.9 Å². The van der Waals surface area contributed by atoms with Gasteiger partial charge in [-0.1, -0.05) is 0 Å². The van der Waals surface area contributed by atoms with E-state index in [4.69, 9.17) is 5.26 Å². The van der Waals surface area contributed by atoms with E-state index in [-0.39, 0.29) is 12.7 Å². The molecule has 0 unspecified atom stereocenters. The third-order valence-electron chi connectivity index (χ3n) is 2.35. The molecule has 0 aliphatic heterocycles. The molecule has 0 atom stereocenters. The van der Waals surface area contributed by atoms with E-state index in [1.54, 1.807) is 0 Å². The summed E-state index contributed by atoms with van der Waals surface area (Å²) in [6.07, 6.45) is -8.27. The third kappa shape index (κ3) is 3.23. The highest BCUT2D eigenvalue weighted by atomic mass is 19.4. The molecule has 0 heterocycles. The van der Waals surface area contributed by atoms with E-state index >= 15 is 0 Å². The zero-order chi connectivity index (χ0) is 15.5. The number of nitriles is 1. The fourth-order valence-corrected chi connectivity index (χ4v) is 1.51. The van der Waals surface area contributed by atoms with Gasteiger partial charge in [0.2, 0.25) is 0 Å². The molecule has 8 heteroatoms. The third-order valence-corrected chi connectivity index (χ3v) is 2.35. The van der Waals surface area contributed by atoms with Crippen molar-refractivity contribution in [3.8, 4) is 6.07 Å². The molecule has 1 aromatic rings. The number of hydrogen-bond donors (Lipinski definition) is 0. The lowest BCUT2D eigenvalue weighted by Crippen LogP contribution is -2.14. The molecular formula is C12H8F5NO2. The first kappa shape index (κ1) is 15.9. The Balaban J connectivity index is 3.55. The maximum absolute atomic E-state index is 12.8. The van der Waals surface area contributed by atoms with Gasteiger partial charge < -0.3 is 4.74 Å². The van der Waals surface area contributed by atoms with E-state index in [1.807, 2.05) is 0 Å². The Kier molecular flexibility index (Phi) is 4.65. The van der Waals surface area contributed by atoms with Crippen molar-refractivity contribution in [2.24, 2.45) is 0 Å². The monoisotopic (exact) mass is 293 g/mol. The fourth-order valence-electron chi connectivity index (χ4n) is 1.51. The van der Waals surface area contributed by atoms with Crippen molar-refractivity contribution in [3.05, 3.63) is 34.4 Å². The zero-order valence-electron chi connectivity index (χ0n) is 10.1.